The molecule has 6 heteroatoms. The summed E-state index contributed by atoms with van der Waals surface area (Å²) < 4.78 is 0. The van der Waals surface area contributed by atoms with Gasteiger partial charge in [-0.3, -0.25) is 4.79 Å². The van der Waals surface area contributed by atoms with Crippen LogP contribution in [-0.2, 0) is 0 Å². The van der Waals surface area contributed by atoms with Gasteiger partial charge < -0.3 is 16.0 Å². The minimum atomic E-state index is 0.0533. The zero-order valence-electron chi connectivity index (χ0n) is 11.9. The van der Waals surface area contributed by atoms with Crippen LogP contribution in [0, 0.1) is 5.92 Å². The number of hydrogen-bond donors (Lipinski definition) is 2. The molecule has 20 heavy (non-hydrogen) atoms. The van der Waals surface area contributed by atoms with Gasteiger partial charge in [-0.25, -0.2) is 4.98 Å². The van der Waals surface area contributed by atoms with E-state index in [1.54, 1.807) is 0 Å². The molecule has 3 rings (SSSR count). The van der Waals surface area contributed by atoms with E-state index >= 15 is 0 Å². The minimum Gasteiger partial charge on any atom is -0.382 e. The van der Waals surface area contributed by atoms with Gasteiger partial charge in [-0.1, -0.05) is 24.7 Å². The van der Waals surface area contributed by atoms with Crippen LogP contribution in [-0.4, -0.2) is 34.9 Å². The second kappa shape index (κ2) is 5.60. The van der Waals surface area contributed by atoms with Crippen LogP contribution in [0.15, 0.2) is 0 Å². The molecule has 1 amide bonds. The van der Waals surface area contributed by atoms with Gasteiger partial charge in [0.05, 0.1) is 0 Å². The highest BCUT2D eigenvalue weighted by atomic mass is 32.1. The molecule has 1 unspecified atom stereocenters. The van der Waals surface area contributed by atoms with Crippen molar-refractivity contribution in [2.45, 2.75) is 45.1 Å². The molecule has 1 saturated heterocycles. The third-order valence-corrected chi connectivity index (χ3v) is 5.42. The maximum Gasteiger partial charge on any atom is 0.267 e. The number of nitrogens with one attached hydrogen (secondary N) is 1. The van der Waals surface area contributed by atoms with Gasteiger partial charge in [0.15, 0.2) is 5.13 Å². The fourth-order valence-electron chi connectivity index (χ4n) is 2.77. The molecule has 1 aromatic heterocycles. The van der Waals surface area contributed by atoms with E-state index in [2.05, 4.69) is 17.2 Å². The third kappa shape index (κ3) is 2.61. The molecule has 0 spiro atoms. The molecule has 110 valence electrons. The van der Waals surface area contributed by atoms with Gasteiger partial charge in [0.25, 0.3) is 5.91 Å². The maximum atomic E-state index is 12.5. The topological polar surface area (TPSA) is 71.2 Å². The normalized spacial score (nSPS) is 22.9. The van der Waals surface area contributed by atoms with E-state index in [1.807, 2.05) is 4.90 Å². The number of thiazole rings is 1. The molecule has 2 fully saturated rings. The predicted octanol–water partition coefficient (Wildman–Crippen LogP) is 2.56. The Bertz CT molecular complexity index is 497. The van der Waals surface area contributed by atoms with Crippen LogP contribution in [0.5, 0.6) is 0 Å². The highest BCUT2D eigenvalue weighted by Gasteiger charge is 2.29. The number of hydrogen-bond acceptors (Lipinski definition) is 5. The molecule has 1 aliphatic heterocycles. The van der Waals surface area contributed by atoms with E-state index in [1.165, 1.54) is 30.6 Å². The lowest BCUT2D eigenvalue weighted by Gasteiger charge is -2.25. The molecule has 0 bridgehead atoms. The van der Waals surface area contributed by atoms with E-state index in [4.69, 9.17) is 5.73 Å². The first kappa shape index (κ1) is 13.7. The fraction of sp³-hybridized carbons (Fsp3) is 0.714. The lowest BCUT2D eigenvalue weighted by atomic mass is 9.93. The van der Waals surface area contributed by atoms with Crippen molar-refractivity contribution in [2.24, 2.45) is 5.92 Å². The molecule has 1 saturated carbocycles. The van der Waals surface area contributed by atoms with Crippen LogP contribution in [0.4, 0.5) is 10.9 Å². The fourth-order valence-corrected chi connectivity index (χ4v) is 3.70. The summed E-state index contributed by atoms with van der Waals surface area (Å²) in [5.41, 5.74) is 5.92. The Labute approximate surface area is 123 Å². The van der Waals surface area contributed by atoms with E-state index in [9.17, 15) is 4.79 Å². The smallest absolute Gasteiger partial charge is 0.267 e. The van der Waals surface area contributed by atoms with Crippen LogP contribution in [0.1, 0.15) is 48.7 Å². The van der Waals surface area contributed by atoms with Crippen molar-refractivity contribution in [3.63, 3.8) is 0 Å². The Morgan fingerprint density at radius 3 is 2.90 bits per heavy atom. The molecule has 1 aromatic rings. The number of carbonyl (C=O) groups excluding carboxylic acids is 1. The molecule has 1 aliphatic carbocycles. The number of amides is 1. The number of nitrogens with zero attached hydrogens (tertiary/aromatic N) is 2. The average molecular weight is 294 g/mol. The monoisotopic (exact) mass is 294 g/mol. The highest BCUT2D eigenvalue weighted by Crippen LogP contribution is 2.31. The second-order valence-corrected chi connectivity index (χ2v) is 6.82. The van der Waals surface area contributed by atoms with Crippen molar-refractivity contribution in [3.8, 4) is 0 Å². The van der Waals surface area contributed by atoms with Crippen molar-refractivity contribution < 1.29 is 4.79 Å². The van der Waals surface area contributed by atoms with Gasteiger partial charge in [0.1, 0.15) is 10.7 Å². The van der Waals surface area contributed by atoms with E-state index in [-0.39, 0.29) is 5.91 Å². The van der Waals surface area contributed by atoms with E-state index in [0.29, 0.717) is 22.7 Å². The minimum absolute atomic E-state index is 0.0533. The summed E-state index contributed by atoms with van der Waals surface area (Å²) in [5.74, 6) is 1.07. The Kier molecular flexibility index (Phi) is 3.83. The first-order valence-corrected chi connectivity index (χ1v) is 8.31. The first-order valence-electron chi connectivity index (χ1n) is 7.49. The van der Waals surface area contributed by atoms with Crippen LogP contribution in [0.3, 0.4) is 0 Å². The zero-order valence-corrected chi connectivity index (χ0v) is 12.7. The van der Waals surface area contributed by atoms with Gasteiger partial charge in [-0.05, 0) is 31.6 Å². The lowest BCUT2D eigenvalue weighted by molar-refractivity contribution is 0.0792. The molecule has 0 aromatic carbocycles. The van der Waals surface area contributed by atoms with Gasteiger partial charge in [0.2, 0.25) is 0 Å². The van der Waals surface area contributed by atoms with Crippen molar-refractivity contribution in [3.05, 3.63) is 4.88 Å². The summed E-state index contributed by atoms with van der Waals surface area (Å²) >= 11 is 1.40. The van der Waals surface area contributed by atoms with E-state index in [0.717, 1.165) is 31.1 Å². The number of rotatable bonds is 4. The average Bonchev–Trinajstić information content (AvgIpc) is 2.99. The number of nitrogens with two attached hydrogens (primary N) is 1. The molecule has 1 atom stereocenters. The molecule has 2 aliphatic rings. The number of carbonyl (C=O) groups is 1. The molecule has 5 nitrogen and oxygen atoms in total. The summed E-state index contributed by atoms with van der Waals surface area (Å²) in [6.45, 7) is 3.89. The van der Waals surface area contributed by atoms with Crippen LogP contribution < -0.4 is 11.1 Å². The first-order chi connectivity index (χ1) is 9.67. The molecule has 2 heterocycles. The van der Waals surface area contributed by atoms with Gasteiger partial charge in [-0.2, -0.15) is 0 Å². The summed E-state index contributed by atoms with van der Waals surface area (Å²) in [4.78, 5) is 19.3. The summed E-state index contributed by atoms with van der Waals surface area (Å²) in [5, 5.41) is 4.15. The van der Waals surface area contributed by atoms with Gasteiger partial charge >= 0.3 is 0 Å². The highest BCUT2D eigenvalue weighted by molar-refractivity contribution is 7.18. The number of nitrogen functional groups attached to an aromatic ring is 1. The van der Waals surface area contributed by atoms with E-state index < -0.39 is 0 Å². The summed E-state index contributed by atoms with van der Waals surface area (Å²) in [6, 6.07) is 0.514. The third-order valence-electron chi connectivity index (χ3n) is 4.43. The summed E-state index contributed by atoms with van der Waals surface area (Å²) in [6.07, 6.45) is 5.89. The molecular formula is C14H22N4OS. The van der Waals surface area contributed by atoms with Crippen LogP contribution in [0.2, 0.25) is 0 Å². The number of likely N-dealkylation sites (tertiary alicyclic amines) is 1. The van der Waals surface area contributed by atoms with Gasteiger partial charge in [0, 0.05) is 19.1 Å². The molecule has 0 radical (unpaired) electrons. The lowest BCUT2D eigenvalue weighted by Crippen LogP contribution is -2.28. The van der Waals surface area contributed by atoms with Crippen molar-refractivity contribution in [2.75, 3.05) is 24.1 Å². The van der Waals surface area contributed by atoms with Crippen LogP contribution in [0.25, 0.3) is 0 Å². The Morgan fingerprint density at radius 1 is 1.50 bits per heavy atom. The molecular weight excluding hydrogens is 272 g/mol. The maximum absolute atomic E-state index is 12.5. The number of aromatic nitrogens is 1. The zero-order chi connectivity index (χ0) is 14.1. The summed E-state index contributed by atoms with van der Waals surface area (Å²) in [7, 11) is 0. The Balaban J connectivity index is 1.68. The quantitative estimate of drug-likeness (QED) is 0.895. The Hall–Kier alpha value is -1.30. The Morgan fingerprint density at radius 2 is 2.30 bits per heavy atom. The molecule has 3 N–H and O–H groups in total. The SMILES string of the molecule is CCC1CCN(C(=O)c2sc(NC3CCC3)nc2N)C1. The predicted molar refractivity (Wildman–Crippen MR) is 82.1 cm³/mol. The standard InChI is InChI=1S/C14H22N4OS/c1-2-9-6-7-18(8-9)13(19)11-12(15)17-14(20-11)16-10-4-3-5-10/h9-10H,2-8,15H2,1H3,(H,16,17). The van der Waals surface area contributed by atoms with Crippen molar-refractivity contribution in [1.82, 2.24) is 9.88 Å². The number of anilines is 2. The van der Waals surface area contributed by atoms with Crippen LogP contribution >= 0.6 is 11.3 Å². The van der Waals surface area contributed by atoms with Crippen molar-refractivity contribution >= 4 is 28.2 Å². The van der Waals surface area contributed by atoms with Gasteiger partial charge in [-0.15, -0.1) is 0 Å². The second-order valence-electron chi connectivity index (χ2n) is 5.82. The van der Waals surface area contributed by atoms with Crippen molar-refractivity contribution in [1.29, 1.82) is 0 Å². The largest absolute Gasteiger partial charge is 0.382 e.